The number of pyridine rings is 1. The Hall–Kier alpha value is -3.46. The molecule has 0 radical (unpaired) electrons. The zero-order chi connectivity index (χ0) is 25.7. The molecule has 2 aliphatic heterocycles. The standard InChI is InChI=1S/C28H31N5O3S/c1-36-22-6-4-5-21(17-22)18-25(34)32-14-9-28(10-15-32)11-16-33(20-28)26(35)19-37-27-30-13-8-24(31-27)23-7-2-3-12-29-23/h2-8,12-13,17H,9-11,14-16,18-20H2,1H3. The van der Waals surface area contributed by atoms with Gasteiger partial charge in [-0.1, -0.05) is 30.0 Å². The SMILES string of the molecule is COc1cccc(CC(=O)N2CCC3(CC2)CCN(C(=O)CSc2nccc(-c4ccccn4)n2)C3)c1. The molecule has 2 aromatic heterocycles. The Bertz CT molecular complexity index is 1250. The van der Waals surface area contributed by atoms with Crippen molar-refractivity contribution in [1.29, 1.82) is 0 Å². The number of rotatable bonds is 7. The summed E-state index contributed by atoms with van der Waals surface area (Å²) in [6.07, 6.45) is 6.69. The maximum Gasteiger partial charge on any atom is 0.233 e. The Kier molecular flexibility index (Phi) is 7.69. The van der Waals surface area contributed by atoms with E-state index in [1.807, 2.05) is 58.3 Å². The van der Waals surface area contributed by atoms with E-state index in [0.717, 1.165) is 68.1 Å². The average Bonchev–Trinajstić information content (AvgIpc) is 3.36. The highest BCUT2D eigenvalue weighted by molar-refractivity contribution is 7.99. The minimum absolute atomic E-state index is 0.114. The molecule has 0 unspecified atom stereocenters. The van der Waals surface area contributed by atoms with E-state index in [-0.39, 0.29) is 17.2 Å². The zero-order valence-electron chi connectivity index (χ0n) is 21.0. The van der Waals surface area contributed by atoms with Gasteiger partial charge in [0.25, 0.3) is 0 Å². The van der Waals surface area contributed by atoms with Crippen LogP contribution in [0.3, 0.4) is 0 Å². The van der Waals surface area contributed by atoms with Gasteiger partial charge in [-0.25, -0.2) is 9.97 Å². The Morgan fingerprint density at radius 3 is 2.49 bits per heavy atom. The van der Waals surface area contributed by atoms with Crippen molar-refractivity contribution in [3.8, 4) is 17.1 Å². The summed E-state index contributed by atoms with van der Waals surface area (Å²) >= 11 is 1.36. The molecule has 5 rings (SSSR count). The fourth-order valence-electron chi connectivity index (χ4n) is 5.14. The van der Waals surface area contributed by atoms with Gasteiger partial charge in [-0.05, 0) is 60.6 Å². The maximum atomic E-state index is 13.0. The van der Waals surface area contributed by atoms with Gasteiger partial charge in [0, 0.05) is 38.6 Å². The van der Waals surface area contributed by atoms with Gasteiger partial charge in [-0.3, -0.25) is 14.6 Å². The topological polar surface area (TPSA) is 88.5 Å². The lowest BCUT2D eigenvalue weighted by atomic mass is 9.77. The molecule has 8 nitrogen and oxygen atoms in total. The molecule has 37 heavy (non-hydrogen) atoms. The van der Waals surface area contributed by atoms with Crippen molar-refractivity contribution in [2.45, 2.75) is 30.8 Å². The summed E-state index contributed by atoms with van der Waals surface area (Å²) in [5.74, 6) is 1.35. The molecule has 2 amide bonds. The first-order chi connectivity index (χ1) is 18.0. The van der Waals surface area contributed by atoms with Crippen LogP contribution >= 0.6 is 11.8 Å². The number of benzene rings is 1. The molecule has 2 saturated heterocycles. The molecule has 1 aromatic carbocycles. The van der Waals surface area contributed by atoms with Crippen molar-refractivity contribution in [3.63, 3.8) is 0 Å². The van der Waals surface area contributed by atoms with Crippen molar-refractivity contribution in [2.24, 2.45) is 5.41 Å². The molecular formula is C28H31N5O3S. The van der Waals surface area contributed by atoms with E-state index in [0.29, 0.717) is 17.3 Å². The summed E-state index contributed by atoms with van der Waals surface area (Å²) < 4.78 is 5.27. The summed E-state index contributed by atoms with van der Waals surface area (Å²) in [6, 6.07) is 15.2. The highest BCUT2D eigenvalue weighted by Crippen LogP contribution is 2.40. The highest BCUT2D eigenvalue weighted by Gasteiger charge is 2.42. The number of ether oxygens (including phenoxy) is 1. The number of thioether (sulfide) groups is 1. The van der Waals surface area contributed by atoms with Crippen LogP contribution in [0.1, 0.15) is 24.8 Å². The highest BCUT2D eigenvalue weighted by atomic mass is 32.2. The molecule has 2 fully saturated rings. The minimum atomic E-state index is 0.114. The minimum Gasteiger partial charge on any atom is -0.497 e. The molecule has 1 spiro atoms. The number of methoxy groups -OCH3 is 1. The van der Waals surface area contributed by atoms with Crippen LogP contribution in [0.15, 0.2) is 66.1 Å². The van der Waals surface area contributed by atoms with E-state index in [1.165, 1.54) is 11.8 Å². The summed E-state index contributed by atoms with van der Waals surface area (Å²) in [4.78, 5) is 43.0. The molecular weight excluding hydrogens is 486 g/mol. The van der Waals surface area contributed by atoms with Gasteiger partial charge in [0.1, 0.15) is 5.75 Å². The molecule has 0 saturated carbocycles. The van der Waals surface area contributed by atoms with E-state index in [9.17, 15) is 9.59 Å². The van der Waals surface area contributed by atoms with Crippen molar-refractivity contribution in [3.05, 3.63) is 66.5 Å². The lowest BCUT2D eigenvalue weighted by molar-refractivity contribution is -0.133. The van der Waals surface area contributed by atoms with Crippen molar-refractivity contribution < 1.29 is 14.3 Å². The number of likely N-dealkylation sites (tertiary alicyclic amines) is 2. The Morgan fingerprint density at radius 1 is 0.919 bits per heavy atom. The third kappa shape index (κ3) is 6.10. The van der Waals surface area contributed by atoms with Gasteiger partial charge in [-0.2, -0.15) is 0 Å². The molecule has 0 bridgehead atoms. The van der Waals surface area contributed by atoms with E-state index in [2.05, 4.69) is 15.0 Å². The van der Waals surface area contributed by atoms with Gasteiger partial charge in [-0.15, -0.1) is 0 Å². The second-order valence-corrected chi connectivity index (χ2v) is 10.6. The number of aromatic nitrogens is 3. The van der Waals surface area contributed by atoms with Crippen LogP contribution in [0.25, 0.3) is 11.4 Å². The second-order valence-electron chi connectivity index (χ2n) is 9.70. The van der Waals surface area contributed by atoms with E-state index in [1.54, 1.807) is 19.5 Å². The van der Waals surface area contributed by atoms with Gasteiger partial charge < -0.3 is 14.5 Å². The smallest absolute Gasteiger partial charge is 0.233 e. The second kappa shape index (κ2) is 11.3. The number of nitrogens with zero attached hydrogens (tertiary/aromatic N) is 5. The number of hydrogen-bond donors (Lipinski definition) is 0. The van der Waals surface area contributed by atoms with Crippen molar-refractivity contribution >= 4 is 23.6 Å². The molecule has 0 atom stereocenters. The third-order valence-electron chi connectivity index (χ3n) is 7.34. The first-order valence-electron chi connectivity index (χ1n) is 12.6. The van der Waals surface area contributed by atoms with Gasteiger partial charge >= 0.3 is 0 Å². The third-order valence-corrected chi connectivity index (χ3v) is 8.19. The van der Waals surface area contributed by atoms with Crippen LogP contribution in [0.2, 0.25) is 0 Å². The van der Waals surface area contributed by atoms with Crippen LogP contribution in [-0.2, 0) is 16.0 Å². The first kappa shape index (κ1) is 25.2. The lowest BCUT2D eigenvalue weighted by Crippen LogP contribution is -2.45. The molecule has 9 heteroatoms. The Labute approximate surface area is 221 Å². The van der Waals surface area contributed by atoms with Crippen LogP contribution in [0.5, 0.6) is 5.75 Å². The fourth-order valence-corrected chi connectivity index (χ4v) is 5.87. The molecule has 0 N–H and O–H groups in total. The van der Waals surface area contributed by atoms with Crippen molar-refractivity contribution in [2.75, 3.05) is 39.0 Å². The monoisotopic (exact) mass is 517 g/mol. The first-order valence-corrected chi connectivity index (χ1v) is 13.6. The van der Waals surface area contributed by atoms with Gasteiger partial charge in [0.05, 0.1) is 30.7 Å². The van der Waals surface area contributed by atoms with Gasteiger partial charge in [0.2, 0.25) is 11.8 Å². The quantitative estimate of drug-likeness (QED) is 0.349. The largest absolute Gasteiger partial charge is 0.497 e. The lowest BCUT2D eigenvalue weighted by Gasteiger charge is -2.39. The average molecular weight is 518 g/mol. The zero-order valence-corrected chi connectivity index (χ0v) is 21.8. The summed E-state index contributed by atoms with van der Waals surface area (Å²) in [7, 11) is 1.63. The molecule has 4 heterocycles. The van der Waals surface area contributed by atoms with Crippen molar-refractivity contribution in [1.82, 2.24) is 24.8 Å². The summed E-state index contributed by atoms with van der Waals surface area (Å²) in [5, 5.41) is 0.577. The number of piperidine rings is 1. The van der Waals surface area contributed by atoms with Crippen LogP contribution in [0, 0.1) is 5.41 Å². The number of hydrogen-bond acceptors (Lipinski definition) is 7. The Balaban J connectivity index is 1.10. The summed E-state index contributed by atoms with van der Waals surface area (Å²) in [5.41, 5.74) is 2.61. The molecule has 192 valence electrons. The van der Waals surface area contributed by atoms with E-state index in [4.69, 9.17) is 4.74 Å². The predicted molar refractivity (Wildman–Crippen MR) is 142 cm³/mol. The van der Waals surface area contributed by atoms with Crippen LogP contribution in [-0.4, -0.2) is 75.6 Å². The fraction of sp³-hybridized carbons (Fsp3) is 0.393. The normalized spacial score (nSPS) is 16.7. The predicted octanol–water partition coefficient (Wildman–Crippen LogP) is 3.72. The van der Waals surface area contributed by atoms with Crippen LogP contribution in [0.4, 0.5) is 0 Å². The number of carbonyl (C=O) groups is 2. The Morgan fingerprint density at radius 2 is 1.73 bits per heavy atom. The number of carbonyl (C=O) groups excluding carboxylic acids is 2. The van der Waals surface area contributed by atoms with Crippen LogP contribution < -0.4 is 4.74 Å². The molecule has 2 aliphatic rings. The molecule has 3 aromatic rings. The van der Waals surface area contributed by atoms with E-state index >= 15 is 0 Å². The van der Waals surface area contributed by atoms with E-state index < -0.39 is 0 Å². The molecule has 0 aliphatic carbocycles. The summed E-state index contributed by atoms with van der Waals surface area (Å²) in [6.45, 7) is 3.02. The number of amides is 2. The maximum absolute atomic E-state index is 13.0. The van der Waals surface area contributed by atoms with Gasteiger partial charge in [0.15, 0.2) is 5.16 Å².